The van der Waals surface area contributed by atoms with E-state index in [1.165, 1.54) is 0 Å². The molecule has 0 amide bonds. The normalized spacial score (nSPS) is 12.5. The van der Waals surface area contributed by atoms with Crippen LogP contribution in [0.3, 0.4) is 0 Å². The van der Waals surface area contributed by atoms with Crippen LogP contribution in [-0.4, -0.2) is 30.2 Å². The van der Waals surface area contributed by atoms with Gasteiger partial charge in [0.25, 0.3) is 0 Å². The molecule has 1 aromatic heterocycles. The summed E-state index contributed by atoms with van der Waals surface area (Å²) < 4.78 is 5.18. The molecule has 4 nitrogen and oxygen atoms in total. The maximum atomic E-state index is 5.18. The molecule has 0 fully saturated rings. The molecule has 4 heteroatoms. The van der Waals surface area contributed by atoms with E-state index >= 15 is 0 Å². The van der Waals surface area contributed by atoms with Gasteiger partial charge in [-0.15, -0.1) is 0 Å². The number of aromatic nitrogens is 2. The van der Waals surface area contributed by atoms with E-state index in [-0.39, 0.29) is 0 Å². The van der Waals surface area contributed by atoms with Gasteiger partial charge in [-0.1, -0.05) is 13.8 Å². The Morgan fingerprint density at radius 3 is 2.80 bits per heavy atom. The van der Waals surface area contributed by atoms with E-state index in [0.29, 0.717) is 11.8 Å². The van der Waals surface area contributed by atoms with Gasteiger partial charge >= 0.3 is 0 Å². The standard InChI is InChI=1S/C11H19N3O/c1-4-12-6-5-9(2)10-11(15-3)14-8-7-13-10/h7-9,12H,4-6H2,1-3H3. The minimum atomic E-state index is 0.368. The summed E-state index contributed by atoms with van der Waals surface area (Å²) in [6.45, 7) is 6.25. The van der Waals surface area contributed by atoms with Crippen LogP contribution in [0, 0.1) is 0 Å². The van der Waals surface area contributed by atoms with Gasteiger partial charge in [-0.3, -0.25) is 4.98 Å². The second-order valence-electron chi connectivity index (χ2n) is 3.49. The lowest BCUT2D eigenvalue weighted by atomic mass is 10.0. The zero-order chi connectivity index (χ0) is 11.1. The zero-order valence-corrected chi connectivity index (χ0v) is 9.66. The molecule has 0 radical (unpaired) electrons. The molecule has 0 aromatic carbocycles. The van der Waals surface area contributed by atoms with E-state index in [0.717, 1.165) is 25.2 Å². The molecule has 0 saturated heterocycles. The molecule has 1 unspecified atom stereocenters. The molecule has 1 atom stereocenters. The quantitative estimate of drug-likeness (QED) is 0.723. The van der Waals surface area contributed by atoms with Crippen molar-refractivity contribution in [3.63, 3.8) is 0 Å². The average molecular weight is 209 g/mol. The third-order valence-electron chi connectivity index (χ3n) is 2.36. The van der Waals surface area contributed by atoms with E-state index in [1.54, 1.807) is 19.5 Å². The van der Waals surface area contributed by atoms with Crippen molar-refractivity contribution in [1.82, 2.24) is 15.3 Å². The summed E-state index contributed by atoms with van der Waals surface area (Å²) in [6, 6.07) is 0. The molecular formula is C11H19N3O. The highest BCUT2D eigenvalue weighted by Crippen LogP contribution is 2.23. The van der Waals surface area contributed by atoms with Gasteiger partial charge in [-0.25, -0.2) is 4.98 Å². The molecular weight excluding hydrogens is 190 g/mol. The Labute approximate surface area is 91.1 Å². The summed E-state index contributed by atoms with van der Waals surface area (Å²) >= 11 is 0. The minimum Gasteiger partial charge on any atom is -0.480 e. The maximum absolute atomic E-state index is 5.18. The highest BCUT2D eigenvalue weighted by Gasteiger charge is 2.12. The van der Waals surface area contributed by atoms with Crippen LogP contribution < -0.4 is 10.1 Å². The van der Waals surface area contributed by atoms with Crippen LogP contribution in [0.15, 0.2) is 12.4 Å². The van der Waals surface area contributed by atoms with Gasteiger partial charge in [0.1, 0.15) is 5.69 Å². The molecule has 0 spiro atoms. The van der Waals surface area contributed by atoms with Crippen LogP contribution in [0.2, 0.25) is 0 Å². The summed E-state index contributed by atoms with van der Waals surface area (Å²) in [6.07, 6.45) is 4.41. The summed E-state index contributed by atoms with van der Waals surface area (Å²) in [7, 11) is 1.63. The number of nitrogens with one attached hydrogen (secondary N) is 1. The van der Waals surface area contributed by atoms with Crippen molar-refractivity contribution in [1.29, 1.82) is 0 Å². The fraction of sp³-hybridized carbons (Fsp3) is 0.636. The van der Waals surface area contributed by atoms with Gasteiger partial charge in [0, 0.05) is 18.3 Å². The van der Waals surface area contributed by atoms with Crippen molar-refractivity contribution in [2.45, 2.75) is 26.2 Å². The van der Waals surface area contributed by atoms with Crippen LogP contribution in [0.5, 0.6) is 5.88 Å². The Bertz CT molecular complexity index is 291. The predicted molar refractivity (Wildman–Crippen MR) is 60.2 cm³/mol. The first kappa shape index (κ1) is 11.9. The average Bonchev–Trinajstić information content (AvgIpc) is 2.29. The lowest BCUT2D eigenvalue weighted by Crippen LogP contribution is -2.16. The number of hydrogen-bond acceptors (Lipinski definition) is 4. The Balaban J connectivity index is 2.59. The highest BCUT2D eigenvalue weighted by molar-refractivity contribution is 5.20. The number of ether oxygens (including phenoxy) is 1. The highest BCUT2D eigenvalue weighted by atomic mass is 16.5. The molecule has 1 aromatic rings. The summed E-state index contributed by atoms with van der Waals surface area (Å²) in [5, 5.41) is 3.30. The number of methoxy groups -OCH3 is 1. The molecule has 1 N–H and O–H groups in total. The third-order valence-corrected chi connectivity index (χ3v) is 2.36. The Hall–Kier alpha value is -1.16. The van der Waals surface area contributed by atoms with E-state index in [9.17, 15) is 0 Å². The first-order chi connectivity index (χ1) is 7.29. The molecule has 84 valence electrons. The summed E-state index contributed by atoms with van der Waals surface area (Å²) in [5.74, 6) is 1.01. The van der Waals surface area contributed by atoms with Gasteiger partial charge in [0.2, 0.25) is 5.88 Å². The van der Waals surface area contributed by atoms with Crippen molar-refractivity contribution in [3.05, 3.63) is 18.1 Å². The van der Waals surface area contributed by atoms with Gasteiger partial charge in [0.05, 0.1) is 7.11 Å². The van der Waals surface area contributed by atoms with Crippen LogP contribution in [0.25, 0.3) is 0 Å². The van der Waals surface area contributed by atoms with Crippen LogP contribution in [0.4, 0.5) is 0 Å². The smallest absolute Gasteiger partial charge is 0.235 e. The molecule has 0 aliphatic rings. The summed E-state index contributed by atoms with van der Waals surface area (Å²) in [5.41, 5.74) is 0.943. The first-order valence-corrected chi connectivity index (χ1v) is 5.35. The first-order valence-electron chi connectivity index (χ1n) is 5.35. The Morgan fingerprint density at radius 2 is 2.13 bits per heavy atom. The van der Waals surface area contributed by atoms with Crippen LogP contribution in [0.1, 0.15) is 31.9 Å². The molecule has 0 bridgehead atoms. The van der Waals surface area contributed by atoms with Gasteiger partial charge in [0.15, 0.2) is 0 Å². The largest absolute Gasteiger partial charge is 0.480 e. The van der Waals surface area contributed by atoms with E-state index in [2.05, 4.69) is 29.1 Å². The molecule has 0 saturated carbocycles. The number of rotatable bonds is 6. The minimum absolute atomic E-state index is 0.368. The van der Waals surface area contributed by atoms with Crippen molar-refractivity contribution in [2.24, 2.45) is 0 Å². The van der Waals surface area contributed by atoms with Crippen LogP contribution >= 0.6 is 0 Å². The van der Waals surface area contributed by atoms with Gasteiger partial charge in [-0.2, -0.15) is 0 Å². The predicted octanol–water partition coefficient (Wildman–Crippen LogP) is 1.59. The topological polar surface area (TPSA) is 47.0 Å². The van der Waals surface area contributed by atoms with E-state index < -0.39 is 0 Å². The molecule has 0 aliphatic carbocycles. The van der Waals surface area contributed by atoms with Crippen LogP contribution in [-0.2, 0) is 0 Å². The van der Waals surface area contributed by atoms with Crippen molar-refractivity contribution < 1.29 is 4.74 Å². The molecule has 1 heterocycles. The molecule has 15 heavy (non-hydrogen) atoms. The number of hydrogen-bond donors (Lipinski definition) is 1. The van der Waals surface area contributed by atoms with Crippen molar-refractivity contribution in [2.75, 3.05) is 20.2 Å². The fourth-order valence-electron chi connectivity index (χ4n) is 1.46. The Kier molecular flexibility index (Phi) is 5.04. The molecule has 0 aliphatic heterocycles. The van der Waals surface area contributed by atoms with E-state index in [4.69, 9.17) is 4.74 Å². The van der Waals surface area contributed by atoms with Crippen molar-refractivity contribution in [3.8, 4) is 5.88 Å². The maximum Gasteiger partial charge on any atom is 0.235 e. The number of nitrogens with zero attached hydrogens (tertiary/aromatic N) is 2. The Morgan fingerprint density at radius 1 is 1.40 bits per heavy atom. The second-order valence-corrected chi connectivity index (χ2v) is 3.49. The fourth-order valence-corrected chi connectivity index (χ4v) is 1.46. The summed E-state index contributed by atoms with van der Waals surface area (Å²) in [4.78, 5) is 8.45. The lowest BCUT2D eigenvalue weighted by molar-refractivity contribution is 0.383. The lowest BCUT2D eigenvalue weighted by Gasteiger charge is -2.13. The van der Waals surface area contributed by atoms with Gasteiger partial charge < -0.3 is 10.1 Å². The monoisotopic (exact) mass is 209 g/mol. The zero-order valence-electron chi connectivity index (χ0n) is 9.66. The van der Waals surface area contributed by atoms with Gasteiger partial charge in [-0.05, 0) is 19.5 Å². The third kappa shape index (κ3) is 3.47. The molecule has 1 rings (SSSR count). The second kappa shape index (κ2) is 6.35. The van der Waals surface area contributed by atoms with Crippen molar-refractivity contribution >= 4 is 0 Å². The van der Waals surface area contributed by atoms with E-state index in [1.807, 2.05) is 0 Å². The SMILES string of the molecule is CCNCCC(C)c1nccnc1OC.